The molecule has 0 heterocycles. The van der Waals surface area contributed by atoms with Crippen LogP contribution in [0.4, 0.5) is 5.69 Å². The van der Waals surface area contributed by atoms with Crippen molar-refractivity contribution in [3.63, 3.8) is 0 Å². The predicted molar refractivity (Wildman–Crippen MR) is 152 cm³/mol. The van der Waals surface area contributed by atoms with Gasteiger partial charge in [0.25, 0.3) is 10.0 Å². The summed E-state index contributed by atoms with van der Waals surface area (Å²) in [5.74, 6) is -0.822. The Bertz CT molecular complexity index is 1360. The number of aryl methyl sites for hydroxylation is 1. The van der Waals surface area contributed by atoms with Crippen LogP contribution >= 0.6 is 23.2 Å². The van der Waals surface area contributed by atoms with E-state index < -0.39 is 28.5 Å². The monoisotopic (exact) mass is 575 g/mol. The van der Waals surface area contributed by atoms with E-state index in [9.17, 15) is 18.0 Å². The molecule has 0 saturated carbocycles. The Morgan fingerprint density at radius 3 is 2.08 bits per heavy atom. The van der Waals surface area contributed by atoms with Crippen molar-refractivity contribution < 1.29 is 18.0 Å². The van der Waals surface area contributed by atoms with Crippen molar-refractivity contribution >= 4 is 50.7 Å². The maximum atomic E-state index is 13.9. The number of nitrogens with one attached hydrogen (secondary N) is 1. The van der Waals surface area contributed by atoms with E-state index in [1.165, 1.54) is 29.2 Å². The van der Waals surface area contributed by atoms with Crippen molar-refractivity contribution in [2.45, 2.75) is 44.7 Å². The number of carbonyl (C=O) groups excluding carboxylic acids is 2. The summed E-state index contributed by atoms with van der Waals surface area (Å²) >= 11 is 12.0. The molecular weight excluding hydrogens is 545 g/mol. The van der Waals surface area contributed by atoms with Crippen LogP contribution in [0.25, 0.3) is 0 Å². The molecule has 7 nitrogen and oxygen atoms in total. The standard InChI is InChI=1S/C28H31Cl2N3O4S/c1-4-26(28(35)31-5-2)32(18-21-9-11-22(29)12-10-21)27(34)19-33(24-8-6-7-20(3)17-24)38(36,37)25-15-13-23(30)14-16-25/h6-17,26H,4-5,18-19H2,1-3H3,(H,31,35). The van der Waals surface area contributed by atoms with Gasteiger partial charge in [0.1, 0.15) is 12.6 Å². The van der Waals surface area contributed by atoms with Crippen LogP contribution in [0.5, 0.6) is 0 Å². The number of hydrogen-bond donors (Lipinski definition) is 1. The second-order valence-corrected chi connectivity index (χ2v) is 11.5. The second kappa shape index (κ2) is 13.1. The van der Waals surface area contributed by atoms with E-state index in [2.05, 4.69) is 5.32 Å². The Balaban J connectivity index is 2.05. The minimum absolute atomic E-state index is 0.00350. The maximum Gasteiger partial charge on any atom is 0.264 e. The number of sulfonamides is 1. The highest BCUT2D eigenvalue weighted by atomic mass is 35.5. The van der Waals surface area contributed by atoms with E-state index in [4.69, 9.17) is 23.2 Å². The highest BCUT2D eigenvalue weighted by molar-refractivity contribution is 7.92. The smallest absolute Gasteiger partial charge is 0.264 e. The van der Waals surface area contributed by atoms with Crippen LogP contribution in [-0.2, 0) is 26.2 Å². The highest BCUT2D eigenvalue weighted by Crippen LogP contribution is 2.26. The largest absolute Gasteiger partial charge is 0.355 e. The summed E-state index contributed by atoms with van der Waals surface area (Å²) in [6.45, 7) is 5.46. The van der Waals surface area contributed by atoms with Gasteiger partial charge in [0.2, 0.25) is 11.8 Å². The number of amides is 2. The van der Waals surface area contributed by atoms with Gasteiger partial charge in [-0.1, -0.05) is 54.4 Å². The molecule has 0 aliphatic carbocycles. The third-order valence-electron chi connectivity index (χ3n) is 5.97. The average Bonchev–Trinajstić information content (AvgIpc) is 2.88. The Hall–Kier alpha value is -3.07. The van der Waals surface area contributed by atoms with Crippen LogP contribution < -0.4 is 9.62 Å². The van der Waals surface area contributed by atoms with E-state index in [-0.39, 0.29) is 17.3 Å². The number of halogens is 2. The minimum Gasteiger partial charge on any atom is -0.355 e. The molecular formula is C28H31Cl2N3O4S. The molecule has 1 N–H and O–H groups in total. The maximum absolute atomic E-state index is 13.9. The molecule has 10 heteroatoms. The second-order valence-electron chi connectivity index (χ2n) is 8.77. The van der Waals surface area contributed by atoms with Gasteiger partial charge in [0, 0.05) is 23.1 Å². The van der Waals surface area contributed by atoms with Crippen molar-refractivity contribution in [1.82, 2.24) is 10.2 Å². The van der Waals surface area contributed by atoms with E-state index in [0.717, 1.165) is 15.4 Å². The van der Waals surface area contributed by atoms with Crippen LogP contribution in [-0.4, -0.2) is 44.3 Å². The van der Waals surface area contributed by atoms with Gasteiger partial charge >= 0.3 is 0 Å². The van der Waals surface area contributed by atoms with Gasteiger partial charge in [0.15, 0.2) is 0 Å². The zero-order valence-corrected chi connectivity index (χ0v) is 23.9. The lowest BCUT2D eigenvalue weighted by atomic mass is 10.1. The number of hydrogen-bond acceptors (Lipinski definition) is 4. The van der Waals surface area contributed by atoms with Crippen LogP contribution in [0.15, 0.2) is 77.7 Å². The minimum atomic E-state index is -4.15. The molecule has 1 unspecified atom stereocenters. The summed E-state index contributed by atoms with van der Waals surface area (Å²) in [6, 6.07) is 18.8. The lowest BCUT2D eigenvalue weighted by molar-refractivity contribution is -0.140. The zero-order chi connectivity index (χ0) is 27.9. The van der Waals surface area contributed by atoms with Gasteiger partial charge < -0.3 is 10.2 Å². The molecule has 1 atom stereocenters. The SMILES string of the molecule is CCNC(=O)C(CC)N(Cc1ccc(Cl)cc1)C(=O)CN(c1cccc(C)c1)S(=O)(=O)c1ccc(Cl)cc1. The number of rotatable bonds is 11. The molecule has 0 fully saturated rings. The van der Waals surface area contributed by atoms with Gasteiger partial charge in [-0.3, -0.25) is 13.9 Å². The van der Waals surface area contributed by atoms with Gasteiger partial charge in [0.05, 0.1) is 10.6 Å². The summed E-state index contributed by atoms with van der Waals surface area (Å²) in [4.78, 5) is 28.3. The number of carbonyl (C=O) groups is 2. The van der Waals surface area contributed by atoms with E-state index in [1.54, 1.807) is 49.4 Å². The quantitative estimate of drug-likeness (QED) is 0.330. The Labute approximate surface area is 234 Å². The van der Waals surface area contributed by atoms with E-state index in [0.29, 0.717) is 28.7 Å². The Morgan fingerprint density at radius 1 is 0.921 bits per heavy atom. The summed E-state index contributed by atoms with van der Waals surface area (Å²) in [5, 5.41) is 3.72. The normalized spacial score (nSPS) is 12.0. The fourth-order valence-corrected chi connectivity index (χ4v) is 5.70. The molecule has 3 aromatic carbocycles. The summed E-state index contributed by atoms with van der Waals surface area (Å²) < 4.78 is 28.7. The fraction of sp³-hybridized carbons (Fsp3) is 0.286. The lowest BCUT2D eigenvalue weighted by Gasteiger charge is -2.33. The van der Waals surface area contributed by atoms with Crippen molar-refractivity contribution in [1.29, 1.82) is 0 Å². The first-order chi connectivity index (χ1) is 18.1. The van der Waals surface area contributed by atoms with Crippen molar-refractivity contribution in [2.75, 3.05) is 17.4 Å². The van der Waals surface area contributed by atoms with Crippen LogP contribution in [0.2, 0.25) is 10.0 Å². The summed E-state index contributed by atoms with van der Waals surface area (Å²) in [7, 11) is -4.15. The Kier molecular flexibility index (Phi) is 10.2. The van der Waals surface area contributed by atoms with Gasteiger partial charge in [-0.05, 0) is 79.9 Å². The first kappa shape index (κ1) is 29.5. The van der Waals surface area contributed by atoms with Crippen LogP contribution in [0.1, 0.15) is 31.4 Å². The molecule has 0 aliphatic heterocycles. The average molecular weight is 577 g/mol. The third-order valence-corrected chi connectivity index (χ3v) is 8.27. The summed E-state index contributed by atoms with van der Waals surface area (Å²) in [6.07, 6.45) is 0.347. The molecule has 3 aromatic rings. The number of nitrogens with zero attached hydrogens (tertiary/aromatic N) is 2. The molecule has 0 bridgehead atoms. The van der Waals surface area contributed by atoms with Gasteiger partial charge in [-0.25, -0.2) is 8.42 Å². The number of anilines is 1. The van der Waals surface area contributed by atoms with E-state index in [1.807, 2.05) is 19.9 Å². The third kappa shape index (κ3) is 7.28. The van der Waals surface area contributed by atoms with Gasteiger partial charge in [-0.15, -0.1) is 0 Å². The van der Waals surface area contributed by atoms with Crippen molar-refractivity contribution in [2.24, 2.45) is 0 Å². The van der Waals surface area contributed by atoms with E-state index >= 15 is 0 Å². The Morgan fingerprint density at radius 2 is 1.53 bits per heavy atom. The summed E-state index contributed by atoms with van der Waals surface area (Å²) in [5.41, 5.74) is 1.93. The molecule has 0 saturated heterocycles. The van der Waals surface area contributed by atoms with Gasteiger partial charge in [-0.2, -0.15) is 0 Å². The number of benzene rings is 3. The molecule has 0 radical (unpaired) electrons. The zero-order valence-electron chi connectivity index (χ0n) is 21.5. The first-order valence-corrected chi connectivity index (χ1v) is 14.4. The highest BCUT2D eigenvalue weighted by Gasteiger charge is 2.33. The van der Waals surface area contributed by atoms with Crippen LogP contribution in [0.3, 0.4) is 0 Å². The fourth-order valence-electron chi connectivity index (χ4n) is 4.04. The molecule has 202 valence electrons. The molecule has 2 amide bonds. The van der Waals surface area contributed by atoms with Crippen molar-refractivity contribution in [3.8, 4) is 0 Å². The lowest BCUT2D eigenvalue weighted by Crippen LogP contribution is -2.52. The molecule has 0 aromatic heterocycles. The molecule has 0 spiro atoms. The predicted octanol–water partition coefficient (Wildman–Crippen LogP) is 5.44. The topological polar surface area (TPSA) is 86.8 Å². The van der Waals surface area contributed by atoms with Crippen LogP contribution in [0, 0.1) is 6.92 Å². The van der Waals surface area contributed by atoms with Crippen molar-refractivity contribution in [3.05, 3.63) is 94.0 Å². The first-order valence-electron chi connectivity index (χ1n) is 12.2. The molecule has 3 rings (SSSR count). The molecule has 38 heavy (non-hydrogen) atoms. The molecule has 0 aliphatic rings. The number of likely N-dealkylation sites (N-methyl/N-ethyl adjacent to an activating group) is 1.